The maximum Gasteiger partial charge on any atom is 0.343 e. The summed E-state index contributed by atoms with van der Waals surface area (Å²) in [5.41, 5.74) is 3.19. The van der Waals surface area contributed by atoms with Gasteiger partial charge in [0.1, 0.15) is 5.75 Å². The maximum absolute atomic E-state index is 12.4. The van der Waals surface area contributed by atoms with Crippen molar-refractivity contribution < 1.29 is 9.53 Å². The van der Waals surface area contributed by atoms with Gasteiger partial charge in [-0.15, -0.1) is 0 Å². The average molecular weight is 349 g/mol. The minimum absolute atomic E-state index is 0.379. The van der Waals surface area contributed by atoms with Gasteiger partial charge in [-0.3, -0.25) is 0 Å². The average Bonchev–Trinajstić information content (AvgIpc) is 2.62. The predicted molar refractivity (Wildman–Crippen MR) is 104 cm³/mol. The van der Waals surface area contributed by atoms with Crippen LogP contribution in [0.25, 0.3) is 0 Å². The Morgan fingerprint density at radius 3 is 2.35 bits per heavy atom. The van der Waals surface area contributed by atoms with E-state index in [2.05, 4.69) is 26.8 Å². The maximum atomic E-state index is 12.4. The van der Waals surface area contributed by atoms with Gasteiger partial charge in [0, 0.05) is 0 Å². The number of benzene rings is 2. The summed E-state index contributed by atoms with van der Waals surface area (Å²) in [4.78, 5) is 12.4. The van der Waals surface area contributed by atoms with E-state index in [0.29, 0.717) is 28.7 Å². The molecule has 0 aliphatic carbocycles. The van der Waals surface area contributed by atoms with Crippen LogP contribution in [0, 0.1) is 24.2 Å². The lowest BCUT2D eigenvalue weighted by atomic mass is 9.89. The van der Waals surface area contributed by atoms with E-state index < -0.39 is 0 Å². The van der Waals surface area contributed by atoms with E-state index in [4.69, 9.17) is 10.00 Å². The lowest BCUT2D eigenvalue weighted by Crippen LogP contribution is -2.09. The van der Waals surface area contributed by atoms with Crippen molar-refractivity contribution in [3.8, 4) is 11.8 Å². The smallest absolute Gasteiger partial charge is 0.343 e. The summed E-state index contributed by atoms with van der Waals surface area (Å²) in [5.74, 6) is 1.31. The third kappa shape index (κ3) is 5.20. The van der Waals surface area contributed by atoms with Gasteiger partial charge < -0.3 is 4.74 Å². The molecule has 136 valence electrons. The van der Waals surface area contributed by atoms with Gasteiger partial charge in [0.15, 0.2) is 0 Å². The van der Waals surface area contributed by atoms with Gasteiger partial charge in [0.25, 0.3) is 0 Å². The normalized spacial score (nSPS) is 11.8. The number of nitriles is 1. The highest BCUT2D eigenvalue weighted by Crippen LogP contribution is 2.27. The fourth-order valence-corrected chi connectivity index (χ4v) is 3.02. The van der Waals surface area contributed by atoms with Crippen molar-refractivity contribution in [3.05, 3.63) is 64.7 Å². The molecule has 0 spiro atoms. The van der Waals surface area contributed by atoms with E-state index in [-0.39, 0.29) is 5.97 Å². The highest BCUT2D eigenvalue weighted by atomic mass is 16.5. The van der Waals surface area contributed by atoms with Gasteiger partial charge in [0.05, 0.1) is 17.2 Å². The highest BCUT2D eigenvalue weighted by molar-refractivity contribution is 5.91. The van der Waals surface area contributed by atoms with Crippen LogP contribution in [-0.4, -0.2) is 5.97 Å². The molecule has 0 aromatic heterocycles. The van der Waals surface area contributed by atoms with Gasteiger partial charge in [-0.05, 0) is 73.1 Å². The van der Waals surface area contributed by atoms with Gasteiger partial charge >= 0.3 is 5.97 Å². The minimum atomic E-state index is -0.379. The molecule has 2 rings (SSSR count). The number of aryl methyl sites for hydroxylation is 1. The van der Waals surface area contributed by atoms with Gasteiger partial charge in [0.2, 0.25) is 0 Å². The molecule has 0 bridgehead atoms. The molecule has 0 aliphatic rings. The summed E-state index contributed by atoms with van der Waals surface area (Å²) < 4.78 is 5.44. The Hall–Kier alpha value is -2.60. The van der Waals surface area contributed by atoms with Crippen LogP contribution in [0.1, 0.15) is 73.0 Å². The molecule has 0 fully saturated rings. The predicted octanol–water partition coefficient (Wildman–Crippen LogP) is 6.02. The molecule has 0 N–H and O–H groups in total. The quantitative estimate of drug-likeness (QED) is 0.454. The standard InChI is InChI=1S/C23H27NO2/c1-5-18(7-6-16(2)3)19-8-10-20(11-9-19)23(25)26-22-13-12-21(15-24)17(4)14-22/h8-14,16,18H,5-7H2,1-4H3. The van der Waals surface area contributed by atoms with Crippen LogP contribution < -0.4 is 4.74 Å². The van der Waals surface area contributed by atoms with E-state index in [0.717, 1.165) is 12.0 Å². The van der Waals surface area contributed by atoms with Crippen molar-refractivity contribution in [1.29, 1.82) is 5.26 Å². The van der Waals surface area contributed by atoms with Crippen molar-refractivity contribution in [1.82, 2.24) is 0 Å². The molecule has 3 heteroatoms. The van der Waals surface area contributed by atoms with E-state index in [1.54, 1.807) is 18.2 Å². The monoisotopic (exact) mass is 349 g/mol. The first kappa shape index (κ1) is 19.7. The number of hydrogen-bond acceptors (Lipinski definition) is 3. The molecule has 0 saturated heterocycles. The molecular weight excluding hydrogens is 322 g/mol. The van der Waals surface area contributed by atoms with Crippen molar-refractivity contribution in [2.24, 2.45) is 5.92 Å². The summed E-state index contributed by atoms with van der Waals surface area (Å²) in [5, 5.41) is 8.97. The van der Waals surface area contributed by atoms with Crippen LogP contribution in [0.4, 0.5) is 0 Å². The molecule has 1 atom stereocenters. The molecule has 26 heavy (non-hydrogen) atoms. The van der Waals surface area contributed by atoms with Crippen LogP contribution in [0.15, 0.2) is 42.5 Å². The zero-order valence-corrected chi connectivity index (χ0v) is 16.1. The number of carbonyl (C=O) groups excluding carboxylic acids is 1. The fourth-order valence-electron chi connectivity index (χ4n) is 3.02. The Kier molecular flexibility index (Phi) is 6.97. The molecule has 3 nitrogen and oxygen atoms in total. The van der Waals surface area contributed by atoms with Crippen LogP contribution in [0.5, 0.6) is 5.75 Å². The summed E-state index contributed by atoms with van der Waals surface area (Å²) >= 11 is 0. The third-order valence-corrected chi connectivity index (χ3v) is 4.73. The summed E-state index contributed by atoms with van der Waals surface area (Å²) in [6.45, 7) is 8.53. The lowest BCUT2D eigenvalue weighted by Gasteiger charge is -2.17. The second-order valence-electron chi connectivity index (χ2n) is 7.18. The summed E-state index contributed by atoms with van der Waals surface area (Å²) in [6.07, 6.45) is 3.48. The van der Waals surface area contributed by atoms with Crippen LogP contribution in [0.2, 0.25) is 0 Å². The number of ether oxygens (including phenoxy) is 1. The third-order valence-electron chi connectivity index (χ3n) is 4.73. The number of hydrogen-bond donors (Lipinski definition) is 0. The van der Waals surface area contributed by atoms with Crippen LogP contribution >= 0.6 is 0 Å². The highest BCUT2D eigenvalue weighted by Gasteiger charge is 2.13. The van der Waals surface area contributed by atoms with Crippen LogP contribution in [0.3, 0.4) is 0 Å². The molecule has 2 aromatic carbocycles. The zero-order valence-electron chi connectivity index (χ0n) is 16.1. The molecule has 0 heterocycles. The molecule has 0 amide bonds. The molecule has 0 saturated carbocycles. The first-order chi connectivity index (χ1) is 12.4. The second-order valence-corrected chi connectivity index (χ2v) is 7.18. The van der Waals surface area contributed by atoms with Crippen molar-refractivity contribution in [2.75, 3.05) is 0 Å². The Morgan fingerprint density at radius 2 is 1.81 bits per heavy atom. The number of carbonyl (C=O) groups is 1. The molecule has 2 aromatic rings. The number of esters is 1. The molecule has 1 unspecified atom stereocenters. The topological polar surface area (TPSA) is 50.1 Å². The first-order valence-corrected chi connectivity index (χ1v) is 9.27. The largest absolute Gasteiger partial charge is 0.423 e. The van der Waals surface area contributed by atoms with E-state index in [9.17, 15) is 4.79 Å². The summed E-state index contributed by atoms with van der Waals surface area (Å²) in [6, 6.07) is 14.9. The SMILES string of the molecule is CCC(CCC(C)C)c1ccc(C(=O)Oc2ccc(C#N)c(C)c2)cc1. The van der Waals surface area contributed by atoms with Crippen molar-refractivity contribution >= 4 is 5.97 Å². The van der Waals surface area contributed by atoms with Crippen LogP contribution in [-0.2, 0) is 0 Å². The lowest BCUT2D eigenvalue weighted by molar-refractivity contribution is 0.0734. The van der Waals surface area contributed by atoms with E-state index in [1.807, 2.05) is 31.2 Å². The first-order valence-electron chi connectivity index (χ1n) is 9.27. The Morgan fingerprint density at radius 1 is 1.12 bits per heavy atom. The summed E-state index contributed by atoms with van der Waals surface area (Å²) in [7, 11) is 0. The van der Waals surface area contributed by atoms with E-state index in [1.165, 1.54) is 18.4 Å². The number of rotatable bonds is 7. The molecule has 0 radical (unpaired) electrons. The Bertz CT molecular complexity index is 785. The van der Waals surface area contributed by atoms with Crippen molar-refractivity contribution in [3.63, 3.8) is 0 Å². The minimum Gasteiger partial charge on any atom is -0.423 e. The number of nitrogens with zero attached hydrogens (tertiary/aromatic N) is 1. The Labute approximate surface area is 156 Å². The second kappa shape index (κ2) is 9.20. The molecular formula is C23H27NO2. The zero-order chi connectivity index (χ0) is 19.1. The van der Waals surface area contributed by atoms with Gasteiger partial charge in [-0.2, -0.15) is 5.26 Å². The Balaban J connectivity index is 2.06. The fraction of sp³-hybridized carbons (Fsp3) is 0.391. The molecule has 0 aliphatic heterocycles. The van der Waals surface area contributed by atoms with Crippen molar-refractivity contribution in [2.45, 2.75) is 52.9 Å². The van der Waals surface area contributed by atoms with Gasteiger partial charge in [-0.1, -0.05) is 39.3 Å². The van der Waals surface area contributed by atoms with Gasteiger partial charge in [-0.25, -0.2) is 4.79 Å². The van der Waals surface area contributed by atoms with E-state index >= 15 is 0 Å².